The van der Waals surface area contributed by atoms with E-state index in [1.54, 1.807) is 0 Å². The molecule has 0 saturated heterocycles. The summed E-state index contributed by atoms with van der Waals surface area (Å²) in [6.07, 6.45) is 13.3. The Morgan fingerprint density at radius 3 is 1.67 bits per heavy atom. The van der Waals surface area contributed by atoms with Gasteiger partial charge in [-0.3, -0.25) is 0 Å². The van der Waals surface area contributed by atoms with Crippen molar-refractivity contribution < 1.29 is 4.74 Å². The van der Waals surface area contributed by atoms with Gasteiger partial charge in [-0.05, 0) is 69.1 Å². The van der Waals surface area contributed by atoms with Crippen molar-refractivity contribution >= 4 is 0 Å². The molecule has 106 valence electrons. The maximum absolute atomic E-state index is 5.58. The highest BCUT2D eigenvalue weighted by atomic mass is 16.5. The Labute approximate surface area is 114 Å². The third-order valence-corrected chi connectivity index (χ3v) is 5.58. The molecular weight excluding hydrogens is 220 g/mol. The zero-order valence-corrected chi connectivity index (χ0v) is 12.5. The van der Waals surface area contributed by atoms with E-state index in [1.807, 2.05) is 0 Å². The Morgan fingerprint density at radius 1 is 0.722 bits per heavy atom. The van der Waals surface area contributed by atoms with Crippen molar-refractivity contribution in [2.24, 2.45) is 23.7 Å². The van der Waals surface area contributed by atoms with Gasteiger partial charge in [-0.25, -0.2) is 0 Å². The zero-order chi connectivity index (χ0) is 12.8. The second-order valence-electron chi connectivity index (χ2n) is 6.63. The van der Waals surface area contributed by atoms with Gasteiger partial charge < -0.3 is 4.74 Å². The minimum Gasteiger partial charge on any atom is -0.381 e. The van der Waals surface area contributed by atoms with Crippen molar-refractivity contribution in [3.63, 3.8) is 0 Å². The lowest BCUT2D eigenvalue weighted by atomic mass is 9.69. The summed E-state index contributed by atoms with van der Waals surface area (Å²) in [5.41, 5.74) is 0. The van der Waals surface area contributed by atoms with Crippen molar-refractivity contribution in [1.82, 2.24) is 0 Å². The first kappa shape index (κ1) is 14.4. The second kappa shape index (κ2) is 7.53. The van der Waals surface area contributed by atoms with Crippen molar-refractivity contribution in [3.8, 4) is 0 Å². The Morgan fingerprint density at radius 2 is 1.22 bits per heavy atom. The molecule has 0 aromatic carbocycles. The highest BCUT2D eigenvalue weighted by Gasteiger charge is 2.30. The molecular formula is C17H32O. The lowest BCUT2D eigenvalue weighted by Crippen LogP contribution is -2.27. The number of ether oxygens (including phenoxy) is 1. The molecule has 2 fully saturated rings. The van der Waals surface area contributed by atoms with Gasteiger partial charge in [-0.15, -0.1) is 0 Å². The van der Waals surface area contributed by atoms with Crippen LogP contribution in [0.2, 0.25) is 0 Å². The quantitative estimate of drug-likeness (QED) is 0.665. The minimum absolute atomic E-state index is 0.869. The van der Waals surface area contributed by atoms with Gasteiger partial charge in [0.1, 0.15) is 0 Å². The number of hydrogen-bond donors (Lipinski definition) is 0. The van der Waals surface area contributed by atoms with Gasteiger partial charge in [0.25, 0.3) is 0 Å². The van der Waals surface area contributed by atoms with E-state index in [9.17, 15) is 0 Å². The predicted octanol–water partition coefficient (Wildman–Crippen LogP) is 5.05. The summed E-state index contributed by atoms with van der Waals surface area (Å²) < 4.78 is 5.58. The van der Waals surface area contributed by atoms with Gasteiger partial charge in [0.2, 0.25) is 0 Å². The normalized spacial score (nSPS) is 37.7. The summed E-state index contributed by atoms with van der Waals surface area (Å²) in [5.74, 6) is 4.05. The monoisotopic (exact) mass is 252 g/mol. The van der Waals surface area contributed by atoms with E-state index in [-0.39, 0.29) is 0 Å². The summed E-state index contributed by atoms with van der Waals surface area (Å²) >= 11 is 0. The maximum Gasteiger partial charge on any atom is 0.0494 e. The molecule has 0 N–H and O–H groups in total. The van der Waals surface area contributed by atoms with Crippen LogP contribution in [-0.2, 0) is 4.74 Å². The molecule has 2 saturated carbocycles. The van der Waals surface area contributed by atoms with Crippen molar-refractivity contribution in [1.29, 1.82) is 0 Å². The maximum atomic E-state index is 5.58. The van der Waals surface area contributed by atoms with Crippen LogP contribution < -0.4 is 0 Å². The fraction of sp³-hybridized carbons (Fsp3) is 1.00. The Hall–Kier alpha value is -0.0400. The highest BCUT2D eigenvalue weighted by Crippen LogP contribution is 2.41. The molecule has 2 aliphatic rings. The van der Waals surface area contributed by atoms with Gasteiger partial charge in [0.15, 0.2) is 0 Å². The largest absolute Gasteiger partial charge is 0.381 e. The van der Waals surface area contributed by atoms with Crippen LogP contribution in [0.5, 0.6) is 0 Å². The number of hydrogen-bond acceptors (Lipinski definition) is 1. The Kier molecular flexibility index (Phi) is 6.01. The van der Waals surface area contributed by atoms with Crippen LogP contribution in [0, 0.1) is 23.7 Å². The van der Waals surface area contributed by atoms with Crippen LogP contribution in [0.4, 0.5) is 0 Å². The molecule has 2 rings (SSSR count). The van der Waals surface area contributed by atoms with Crippen molar-refractivity contribution in [2.45, 2.75) is 71.6 Å². The smallest absolute Gasteiger partial charge is 0.0494 e. The molecule has 0 bridgehead atoms. The van der Waals surface area contributed by atoms with Crippen LogP contribution in [0.15, 0.2) is 0 Å². The van der Waals surface area contributed by atoms with Crippen LogP contribution in [0.25, 0.3) is 0 Å². The molecule has 0 aromatic heterocycles. The van der Waals surface area contributed by atoms with Gasteiger partial charge >= 0.3 is 0 Å². The van der Waals surface area contributed by atoms with E-state index in [4.69, 9.17) is 4.74 Å². The minimum atomic E-state index is 0.869. The fourth-order valence-corrected chi connectivity index (χ4v) is 4.18. The lowest BCUT2D eigenvalue weighted by Gasteiger charge is -2.37. The average Bonchev–Trinajstić information content (AvgIpc) is 2.46. The Balaban J connectivity index is 1.67. The SMILES string of the molecule is CCOC[C@H]1CC[C@H](C2CCC(CC)CC2)CC1. The molecule has 0 spiro atoms. The first-order valence-corrected chi connectivity index (χ1v) is 8.41. The molecule has 2 aliphatic carbocycles. The first-order chi connectivity index (χ1) is 8.83. The molecule has 0 unspecified atom stereocenters. The summed E-state index contributed by atoms with van der Waals surface area (Å²) in [6.45, 7) is 6.38. The zero-order valence-electron chi connectivity index (χ0n) is 12.5. The first-order valence-electron chi connectivity index (χ1n) is 8.41. The molecule has 18 heavy (non-hydrogen) atoms. The van der Waals surface area contributed by atoms with E-state index in [1.165, 1.54) is 57.8 Å². The summed E-state index contributed by atoms with van der Waals surface area (Å²) in [7, 11) is 0. The van der Waals surface area contributed by atoms with Crippen molar-refractivity contribution in [2.75, 3.05) is 13.2 Å². The van der Waals surface area contributed by atoms with Gasteiger partial charge in [-0.1, -0.05) is 26.2 Å². The molecule has 0 amide bonds. The number of rotatable bonds is 5. The molecule has 0 aromatic rings. The third-order valence-electron chi connectivity index (χ3n) is 5.58. The van der Waals surface area contributed by atoms with Crippen LogP contribution in [0.1, 0.15) is 71.6 Å². The van der Waals surface area contributed by atoms with Crippen LogP contribution in [-0.4, -0.2) is 13.2 Å². The molecule has 1 nitrogen and oxygen atoms in total. The third kappa shape index (κ3) is 3.98. The topological polar surface area (TPSA) is 9.23 Å². The van der Waals surface area contributed by atoms with Crippen LogP contribution >= 0.6 is 0 Å². The van der Waals surface area contributed by atoms with E-state index in [0.29, 0.717) is 0 Å². The summed E-state index contributed by atoms with van der Waals surface area (Å²) in [4.78, 5) is 0. The van der Waals surface area contributed by atoms with E-state index in [2.05, 4.69) is 13.8 Å². The standard InChI is InChI=1S/C17H32O/c1-3-14-5-9-16(10-6-14)17-11-7-15(8-12-17)13-18-4-2/h14-17H,3-13H2,1-2H3/t14?,15-,16?,17-. The molecule has 0 atom stereocenters. The van der Waals surface area contributed by atoms with Gasteiger partial charge in [0, 0.05) is 13.2 Å². The second-order valence-corrected chi connectivity index (χ2v) is 6.63. The molecule has 0 aliphatic heterocycles. The van der Waals surface area contributed by atoms with Gasteiger partial charge in [-0.2, -0.15) is 0 Å². The van der Waals surface area contributed by atoms with E-state index < -0.39 is 0 Å². The molecule has 1 heteroatoms. The van der Waals surface area contributed by atoms with E-state index in [0.717, 1.165) is 36.9 Å². The molecule has 0 heterocycles. The van der Waals surface area contributed by atoms with Gasteiger partial charge in [0.05, 0.1) is 0 Å². The van der Waals surface area contributed by atoms with E-state index >= 15 is 0 Å². The van der Waals surface area contributed by atoms with Crippen LogP contribution in [0.3, 0.4) is 0 Å². The molecule has 0 radical (unpaired) electrons. The highest BCUT2D eigenvalue weighted by molar-refractivity contribution is 4.81. The summed E-state index contributed by atoms with van der Waals surface area (Å²) in [5, 5.41) is 0. The summed E-state index contributed by atoms with van der Waals surface area (Å²) in [6, 6.07) is 0. The lowest BCUT2D eigenvalue weighted by molar-refractivity contribution is 0.0713. The predicted molar refractivity (Wildman–Crippen MR) is 77.7 cm³/mol. The average molecular weight is 252 g/mol. The van der Waals surface area contributed by atoms with Crippen molar-refractivity contribution in [3.05, 3.63) is 0 Å². The fourth-order valence-electron chi connectivity index (χ4n) is 4.18. The Bertz CT molecular complexity index is 210.